The Morgan fingerprint density at radius 1 is 0.554 bits per heavy atom. The number of esters is 2. The van der Waals surface area contributed by atoms with Gasteiger partial charge in [0.05, 0.1) is 34.4 Å². The molecule has 0 bridgehead atoms. The van der Waals surface area contributed by atoms with Gasteiger partial charge >= 0.3 is 17.9 Å². The highest BCUT2D eigenvalue weighted by Crippen LogP contribution is 2.12. The van der Waals surface area contributed by atoms with E-state index in [0.29, 0.717) is 19.3 Å². The molecule has 8 nitrogen and oxygen atoms in total. The van der Waals surface area contributed by atoms with Crippen LogP contribution >= 0.6 is 0 Å². The van der Waals surface area contributed by atoms with E-state index in [0.717, 1.165) is 83.5 Å². The third-order valence-corrected chi connectivity index (χ3v) is 9.03. The van der Waals surface area contributed by atoms with Crippen molar-refractivity contribution < 1.29 is 38.2 Å². The molecule has 0 aliphatic carbocycles. The van der Waals surface area contributed by atoms with Crippen LogP contribution in [0.2, 0.25) is 0 Å². The summed E-state index contributed by atoms with van der Waals surface area (Å²) in [7, 11) is 5.49. The number of unbranched alkanes of at least 4 members (excludes halogenated alkanes) is 9. The lowest BCUT2D eigenvalue weighted by Gasteiger charge is -2.31. The van der Waals surface area contributed by atoms with Crippen LogP contribution in [-0.2, 0) is 28.6 Å². The maximum Gasteiger partial charge on any atom is 0.362 e. The highest BCUT2D eigenvalue weighted by molar-refractivity contribution is 5.72. The molecule has 0 aliphatic heterocycles. The summed E-state index contributed by atoms with van der Waals surface area (Å²) in [5.74, 6) is -1.57. The Labute approximate surface area is 342 Å². The number of quaternary nitrogens is 1. The summed E-state index contributed by atoms with van der Waals surface area (Å²) in [5.41, 5.74) is 0. The molecule has 56 heavy (non-hydrogen) atoms. The fourth-order valence-corrected chi connectivity index (χ4v) is 5.68. The summed E-state index contributed by atoms with van der Waals surface area (Å²) in [6, 6.07) is -0.629. The first-order valence-corrected chi connectivity index (χ1v) is 21.6. The van der Waals surface area contributed by atoms with Gasteiger partial charge in [-0.2, -0.15) is 0 Å². The first-order valence-electron chi connectivity index (χ1n) is 21.6. The van der Waals surface area contributed by atoms with E-state index in [1.807, 2.05) is 21.1 Å². The predicted molar refractivity (Wildman–Crippen MR) is 233 cm³/mol. The zero-order chi connectivity index (χ0) is 41.4. The maximum absolute atomic E-state index is 12.7. The standard InChI is InChI=1S/C48H79NO7/c1-6-8-10-12-14-16-18-19-20-21-22-23-24-25-26-27-29-31-33-35-37-39-47(51)56-44(42-54-41-40-45(48(52)53)49(3,4)5)43-55-46(50)38-36-34-32-30-28-17-15-13-11-9-7-2/h9,11,14-17,19-20,22-23,25-26,30,32,44-45H,6-8,10,12-13,18,21,24,27-29,31,33-43H2,1-5H3/p+1/b11-9+,16-14+,17-15+,20-19+,23-22+,26-25+,32-30+. The molecule has 0 aromatic heterocycles. The van der Waals surface area contributed by atoms with E-state index >= 15 is 0 Å². The summed E-state index contributed by atoms with van der Waals surface area (Å²) in [4.78, 5) is 36.9. The number of nitrogens with zero attached hydrogens (tertiary/aromatic N) is 1. The molecule has 0 aromatic rings. The minimum absolute atomic E-state index is 0.0322. The van der Waals surface area contributed by atoms with E-state index in [9.17, 15) is 19.5 Å². The molecule has 8 heteroatoms. The van der Waals surface area contributed by atoms with E-state index in [1.54, 1.807) is 0 Å². The molecule has 0 aromatic carbocycles. The van der Waals surface area contributed by atoms with Crippen molar-refractivity contribution in [1.29, 1.82) is 0 Å². The lowest BCUT2D eigenvalue weighted by Crippen LogP contribution is -2.50. The van der Waals surface area contributed by atoms with E-state index in [2.05, 4.69) is 98.9 Å². The van der Waals surface area contributed by atoms with E-state index < -0.39 is 18.1 Å². The molecule has 0 saturated carbocycles. The van der Waals surface area contributed by atoms with Gasteiger partial charge in [0.1, 0.15) is 6.61 Å². The first kappa shape index (κ1) is 52.5. The number of hydrogen-bond acceptors (Lipinski definition) is 6. The Bertz CT molecular complexity index is 1190. The van der Waals surface area contributed by atoms with Gasteiger partial charge in [0.2, 0.25) is 0 Å². The molecule has 0 amide bonds. The number of rotatable bonds is 37. The first-order chi connectivity index (χ1) is 27.1. The number of carbonyl (C=O) groups is 3. The molecule has 0 heterocycles. The van der Waals surface area contributed by atoms with Crippen molar-refractivity contribution in [2.45, 2.75) is 161 Å². The summed E-state index contributed by atoms with van der Waals surface area (Å²) in [6.45, 7) is 4.49. The highest BCUT2D eigenvalue weighted by atomic mass is 16.6. The van der Waals surface area contributed by atoms with Crippen molar-refractivity contribution in [3.8, 4) is 0 Å². The lowest BCUT2D eigenvalue weighted by atomic mass is 10.1. The average Bonchev–Trinajstić information content (AvgIpc) is 3.15. The van der Waals surface area contributed by atoms with Gasteiger partial charge in [0, 0.05) is 19.3 Å². The Hall–Kier alpha value is -3.49. The van der Waals surface area contributed by atoms with Crippen LogP contribution in [0, 0.1) is 0 Å². The van der Waals surface area contributed by atoms with Crippen LogP contribution in [0.25, 0.3) is 0 Å². The summed E-state index contributed by atoms with van der Waals surface area (Å²) < 4.78 is 17.2. The van der Waals surface area contributed by atoms with Crippen molar-refractivity contribution in [2.75, 3.05) is 41.0 Å². The normalized spacial score (nSPS) is 13.8. The lowest BCUT2D eigenvalue weighted by molar-refractivity contribution is -0.887. The third-order valence-electron chi connectivity index (χ3n) is 9.03. The van der Waals surface area contributed by atoms with Crippen molar-refractivity contribution in [3.05, 3.63) is 85.1 Å². The Balaban J connectivity index is 4.42. The molecule has 0 aliphatic rings. The Morgan fingerprint density at radius 2 is 1.02 bits per heavy atom. The highest BCUT2D eigenvalue weighted by Gasteiger charge is 2.31. The Kier molecular flexibility index (Phi) is 36.0. The van der Waals surface area contributed by atoms with Gasteiger partial charge < -0.3 is 23.8 Å². The molecule has 0 saturated heterocycles. The van der Waals surface area contributed by atoms with Gasteiger partial charge in [0.25, 0.3) is 0 Å². The van der Waals surface area contributed by atoms with Crippen molar-refractivity contribution in [2.24, 2.45) is 0 Å². The number of carbonyl (C=O) groups excluding carboxylic acids is 2. The number of ether oxygens (including phenoxy) is 3. The minimum atomic E-state index is -0.889. The van der Waals surface area contributed by atoms with Gasteiger partial charge in [-0.25, -0.2) is 4.79 Å². The van der Waals surface area contributed by atoms with E-state index in [1.165, 1.54) is 25.7 Å². The predicted octanol–water partition coefficient (Wildman–Crippen LogP) is 11.7. The summed E-state index contributed by atoms with van der Waals surface area (Å²) in [6.07, 6.45) is 49.3. The molecule has 1 N–H and O–H groups in total. The smallest absolute Gasteiger partial charge is 0.362 e. The van der Waals surface area contributed by atoms with E-state index in [4.69, 9.17) is 14.2 Å². The van der Waals surface area contributed by atoms with Gasteiger partial charge in [0.15, 0.2) is 12.1 Å². The van der Waals surface area contributed by atoms with Gasteiger partial charge in [-0.15, -0.1) is 0 Å². The number of carboxylic acids is 1. The minimum Gasteiger partial charge on any atom is -0.477 e. The van der Waals surface area contributed by atoms with Gasteiger partial charge in [-0.05, 0) is 83.5 Å². The topological polar surface area (TPSA) is 99.1 Å². The number of hydrogen-bond donors (Lipinski definition) is 1. The molecule has 0 radical (unpaired) electrons. The Morgan fingerprint density at radius 3 is 1.54 bits per heavy atom. The number of aliphatic carboxylic acids is 1. The van der Waals surface area contributed by atoms with Gasteiger partial charge in [-0.3, -0.25) is 9.59 Å². The SMILES string of the molecule is CC/C=C/C/C=C/C/C=C/CCCC(=O)OCC(COCCC(C(=O)O)[N+](C)(C)C)OC(=O)CCCCCCC/C=C/C/C=C/C/C=C/C/C=C/CCCCC. The number of carboxylic acid groups (broad SMARTS) is 1. The second-order valence-electron chi connectivity index (χ2n) is 15.2. The maximum atomic E-state index is 12.7. The molecule has 0 fully saturated rings. The molecular weight excluding hydrogens is 703 g/mol. The fourth-order valence-electron chi connectivity index (χ4n) is 5.68. The molecule has 2 unspecified atom stereocenters. The number of likely N-dealkylation sites (N-methyl/N-ethyl adjacent to an activating group) is 1. The van der Waals surface area contributed by atoms with Crippen molar-refractivity contribution in [1.82, 2.24) is 0 Å². The quantitative estimate of drug-likeness (QED) is 0.0290. The van der Waals surface area contributed by atoms with E-state index in [-0.39, 0.29) is 42.7 Å². The molecule has 2 atom stereocenters. The molecule has 0 rings (SSSR count). The van der Waals surface area contributed by atoms with Crippen LogP contribution in [-0.4, -0.2) is 80.6 Å². The summed E-state index contributed by atoms with van der Waals surface area (Å²) in [5, 5.41) is 9.61. The average molecular weight is 783 g/mol. The molecular formula is C48H80NO7+. The van der Waals surface area contributed by atoms with Gasteiger partial charge in [-0.1, -0.05) is 131 Å². The van der Waals surface area contributed by atoms with Crippen LogP contribution < -0.4 is 0 Å². The second-order valence-corrected chi connectivity index (χ2v) is 15.2. The molecule has 0 spiro atoms. The third kappa shape index (κ3) is 36.2. The zero-order valence-corrected chi connectivity index (χ0v) is 36.1. The van der Waals surface area contributed by atoms with Crippen LogP contribution in [0.3, 0.4) is 0 Å². The van der Waals surface area contributed by atoms with Crippen LogP contribution in [0.5, 0.6) is 0 Å². The number of allylic oxidation sites excluding steroid dienone is 14. The zero-order valence-electron chi connectivity index (χ0n) is 36.1. The van der Waals surface area contributed by atoms with Crippen LogP contribution in [0.15, 0.2) is 85.1 Å². The van der Waals surface area contributed by atoms with Crippen molar-refractivity contribution >= 4 is 17.9 Å². The fraction of sp³-hybridized carbons (Fsp3) is 0.646. The van der Waals surface area contributed by atoms with Crippen LogP contribution in [0.4, 0.5) is 0 Å². The second kappa shape index (κ2) is 38.4. The summed E-state index contributed by atoms with van der Waals surface area (Å²) >= 11 is 0. The monoisotopic (exact) mass is 783 g/mol. The van der Waals surface area contributed by atoms with Crippen LogP contribution in [0.1, 0.15) is 149 Å². The largest absolute Gasteiger partial charge is 0.477 e. The molecule has 318 valence electrons. The van der Waals surface area contributed by atoms with Crippen molar-refractivity contribution in [3.63, 3.8) is 0 Å².